The molecule has 0 unspecified atom stereocenters. The summed E-state index contributed by atoms with van der Waals surface area (Å²) in [6.45, 7) is 4.58. The van der Waals surface area contributed by atoms with Gasteiger partial charge in [0.25, 0.3) is 0 Å². The van der Waals surface area contributed by atoms with Gasteiger partial charge in [0.2, 0.25) is 0 Å². The molecule has 0 fully saturated rings. The lowest BCUT2D eigenvalue weighted by molar-refractivity contribution is 0.130. The van der Waals surface area contributed by atoms with Gasteiger partial charge >= 0.3 is 0 Å². The van der Waals surface area contributed by atoms with Gasteiger partial charge in [-0.1, -0.05) is 65.3 Å². The average Bonchev–Trinajstić information content (AvgIpc) is 3.06. The number of thiophene rings is 1. The van der Waals surface area contributed by atoms with Crippen molar-refractivity contribution in [3.05, 3.63) is 82.7 Å². The minimum absolute atomic E-state index is 0.494. The number of hydrogen-bond donors (Lipinski definition) is 0. The molecule has 0 saturated heterocycles. The summed E-state index contributed by atoms with van der Waals surface area (Å²) in [5.41, 5.74) is 4.54. The molecule has 0 aliphatic rings. The fourth-order valence-corrected chi connectivity index (χ4v) is 3.18. The second kappa shape index (κ2) is 7.25. The van der Waals surface area contributed by atoms with E-state index < -0.39 is 0 Å². The molecule has 0 aliphatic carbocycles. The lowest BCUT2D eigenvalue weighted by atomic mass is 10.1. The SMILES string of the molecule is C/C(=N\OCc1ccccc1)c1ccc(-c2ccc(C)cc2)s1. The van der Waals surface area contributed by atoms with E-state index in [1.54, 1.807) is 11.3 Å². The summed E-state index contributed by atoms with van der Waals surface area (Å²) in [6.07, 6.45) is 0. The van der Waals surface area contributed by atoms with Crippen molar-refractivity contribution in [3.8, 4) is 10.4 Å². The molecule has 0 saturated carbocycles. The van der Waals surface area contributed by atoms with Gasteiger partial charge < -0.3 is 4.84 Å². The van der Waals surface area contributed by atoms with E-state index >= 15 is 0 Å². The van der Waals surface area contributed by atoms with Gasteiger partial charge in [0.1, 0.15) is 6.61 Å². The Labute approximate surface area is 141 Å². The topological polar surface area (TPSA) is 21.6 Å². The van der Waals surface area contributed by atoms with Gasteiger partial charge in [0, 0.05) is 4.88 Å². The van der Waals surface area contributed by atoms with Crippen molar-refractivity contribution in [3.63, 3.8) is 0 Å². The number of nitrogens with zero attached hydrogens (tertiary/aromatic N) is 1. The number of oxime groups is 1. The highest BCUT2D eigenvalue weighted by molar-refractivity contribution is 7.17. The molecule has 0 amide bonds. The quantitative estimate of drug-likeness (QED) is 0.438. The van der Waals surface area contributed by atoms with Gasteiger partial charge in [-0.05, 0) is 37.1 Å². The molecule has 2 aromatic carbocycles. The van der Waals surface area contributed by atoms with Gasteiger partial charge in [0.15, 0.2) is 0 Å². The van der Waals surface area contributed by atoms with Gasteiger partial charge in [-0.3, -0.25) is 0 Å². The van der Waals surface area contributed by atoms with Gasteiger partial charge in [-0.15, -0.1) is 11.3 Å². The van der Waals surface area contributed by atoms with Crippen LogP contribution in [0.5, 0.6) is 0 Å². The van der Waals surface area contributed by atoms with Crippen LogP contribution in [0.25, 0.3) is 10.4 Å². The number of rotatable bonds is 5. The maximum atomic E-state index is 5.46. The summed E-state index contributed by atoms with van der Waals surface area (Å²) in [4.78, 5) is 7.84. The van der Waals surface area contributed by atoms with Crippen molar-refractivity contribution >= 4 is 17.0 Å². The highest BCUT2D eigenvalue weighted by Crippen LogP contribution is 2.28. The van der Waals surface area contributed by atoms with Crippen molar-refractivity contribution < 1.29 is 4.84 Å². The molecular weight excluding hydrogens is 302 g/mol. The lowest BCUT2D eigenvalue weighted by Gasteiger charge is -2.01. The Morgan fingerprint density at radius 1 is 0.957 bits per heavy atom. The monoisotopic (exact) mass is 321 g/mol. The maximum absolute atomic E-state index is 5.46. The zero-order valence-corrected chi connectivity index (χ0v) is 14.1. The second-order valence-electron chi connectivity index (χ2n) is 5.47. The zero-order valence-electron chi connectivity index (χ0n) is 13.3. The maximum Gasteiger partial charge on any atom is 0.142 e. The van der Waals surface area contributed by atoms with Crippen molar-refractivity contribution in [2.45, 2.75) is 20.5 Å². The fraction of sp³-hybridized carbons (Fsp3) is 0.150. The van der Waals surface area contributed by atoms with E-state index in [4.69, 9.17) is 4.84 Å². The molecule has 3 aromatic rings. The van der Waals surface area contributed by atoms with Crippen LogP contribution >= 0.6 is 11.3 Å². The van der Waals surface area contributed by atoms with Crippen LogP contribution in [-0.2, 0) is 11.4 Å². The van der Waals surface area contributed by atoms with Crippen LogP contribution in [0.2, 0.25) is 0 Å². The van der Waals surface area contributed by atoms with Crippen molar-refractivity contribution in [1.29, 1.82) is 0 Å². The van der Waals surface area contributed by atoms with E-state index in [0.717, 1.165) is 16.2 Å². The van der Waals surface area contributed by atoms with E-state index in [-0.39, 0.29) is 0 Å². The molecule has 2 nitrogen and oxygen atoms in total. The normalized spacial score (nSPS) is 11.5. The molecule has 0 radical (unpaired) electrons. The minimum atomic E-state index is 0.494. The van der Waals surface area contributed by atoms with Crippen LogP contribution in [0.1, 0.15) is 22.9 Å². The van der Waals surface area contributed by atoms with Crippen molar-refractivity contribution in [1.82, 2.24) is 0 Å². The Morgan fingerprint density at radius 3 is 2.43 bits per heavy atom. The van der Waals surface area contributed by atoms with E-state index in [0.29, 0.717) is 6.61 Å². The first-order valence-corrected chi connectivity index (χ1v) is 8.42. The fourth-order valence-electron chi connectivity index (χ4n) is 2.23. The molecule has 3 rings (SSSR count). The Hall–Kier alpha value is -2.39. The smallest absolute Gasteiger partial charge is 0.142 e. The minimum Gasteiger partial charge on any atom is -0.391 e. The van der Waals surface area contributed by atoms with Crippen molar-refractivity contribution in [2.75, 3.05) is 0 Å². The average molecular weight is 321 g/mol. The Balaban J connectivity index is 1.67. The Morgan fingerprint density at radius 2 is 1.70 bits per heavy atom. The summed E-state index contributed by atoms with van der Waals surface area (Å²) in [7, 11) is 0. The summed E-state index contributed by atoms with van der Waals surface area (Å²) < 4.78 is 0. The molecule has 3 heteroatoms. The summed E-state index contributed by atoms with van der Waals surface area (Å²) in [5.74, 6) is 0. The molecule has 0 spiro atoms. The Kier molecular flexibility index (Phi) is 4.89. The standard InChI is InChI=1S/C20H19NOS/c1-15-8-10-18(11-9-15)20-13-12-19(23-20)16(2)21-22-14-17-6-4-3-5-7-17/h3-13H,14H2,1-2H3/b21-16+. The molecule has 1 heterocycles. The largest absolute Gasteiger partial charge is 0.391 e. The molecule has 0 N–H and O–H groups in total. The van der Waals surface area contributed by atoms with Crippen LogP contribution in [-0.4, -0.2) is 5.71 Å². The molecule has 0 bridgehead atoms. The predicted octanol–water partition coefficient (Wildman–Crippen LogP) is 5.66. The second-order valence-corrected chi connectivity index (χ2v) is 6.55. The first-order chi connectivity index (χ1) is 11.2. The van der Waals surface area contributed by atoms with Crippen LogP contribution < -0.4 is 0 Å². The third-order valence-electron chi connectivity index (χ3n) is 3.57. The number of aryl methyl sites for hydroxylation is 1. The van der Waals surface area contributed by atoms with Crippen LogP contribution in [0.15, 0.2) is 71.9 Å². The summed E-state index contributed by atoms with van der Waals surface area (Å²) in [5, 5.41) is 4.24. The highest BCUT2D eigenvalue weighted by atomic mass is 32.1. The van der Waals surface area contributed by atoms with E-state index in [1.165, 1.54) is 16.0 Å². The molecule has 116 valence electrons. The summed E-state index contributed by atoms with van der Waals surface area (Å²) >= 11 is 1.74. The predicted molar refractivity (Wildman–Crippen MR) is 97.9 cm³/mol. The molecular formula is C20H19NOS. The van der Waals surface area contributed by atoms with E-state index in [1.807, 2.05) is 37.3 Å². The third kappa shape index (κ3) is 4.08. The van der Waals surface area contributed by atoms with Gasteiger partial charge in [-0.25, -0.2) is 0 Å². The van der Waals surface area contributed by atoms with Crippen LogP contribution in [0, 0.1) is 6.92 Å². The first kappa shape index (κ1) is 15.5. The number of benzene rings is 2. The van der Waals surface area contributed by atoms with E-state index in [2.05, 4.69) is 48.5 Å². The number of hydrogen-bond acceptors (Lipinski definition) is 3. The van der Waals surface area contributed by atoms with Crippen LogP contribution in [0.3, 0.4) is 0 Å². The van der Waals surface area contributed by atoms with Crippen LogP contribution in [0.4, 0.5) is 0 Å². The lowest BCUT2D eigenvalue weighted by Crippen LogP contribution is -1.93. The van der Waals surface area contributed by atoms with Gasteiger partial charge in [0.05, 0.1) is 10.6 Å². The highest BCUT2D eigenvalue weighted by Gasteiger charge is 2.06. The molecule has 23 heavy (non-hydrogen) atoms. The van der Waals surface area contributed by atoms with E-state index in [9.17, 15) is 0 Å². The molecule has 1 aromatic heterocycles. The van der Waals surface area contributed by atoms with Crippen molar-refractivity contribution in [2.24, 2.45) is 5.16 Å². The molecule has 0 aliphatic heterocycles. The third-order valence-corrected chi connectivity index (χ3v) is 4.82. The first-order valence-electron chi connectivity index (χ1n) is 7.60. The zero-order chi connectivity index (χ0) is 16.1. The summed E-state index contributed by atoms with van der Waals surface area (Å²) in [6, 6.07) is 22.9. The Bertz CT molecular complexity index is 788. The molecule has 0 atom stereocenters. The van der Waals surface area contributed by atoms with Gasteiger partial charge in [-0.2, -0.15) is 0 Å².